The van der Waals surface area contributed by atoms with Gasteiger partial charge in [-0.3, -0.25) is 9.52 Å². The molecule has 0 fully saturated rings. The van der Waals surface area contributed by atoms with Gasteiger partial charge in [-0.1, -0.05) is 47.5 Å². The van der Waals surface area contributed by atoms with E-state index in [0.29, 0.717) is 22.8 Å². The smallest absolute Gasteiger partial charge is 0.261 e. The third-order valence-electron chi connectivity index (χ3n) is 4.77. The van der Waals surface area contributed by atoms with Crippen LogP contribution in [0.5, 0.6) is 0 Å². The highest BCUT2D eigenvalue weighted by Crippen LogP contribution is 2.22. The molecular weight excluding hydrogens is 464 g/mol. The minimum absolute atomic E-state index is 0.175. The molecule has 0 heterocycles. The van der Waals surface area contributed by atoms with E-state index in [1.807, 2.05) is 31.2 Å². The molecule has 0 radical (unpaired) electrons. The van der Waals surface area contributed by atoms with Gasteiger partial charge in [0.2, 0.25) is 0 Å². The minimum atomic E-state index is -3.74. The maximum absolute atomic E-state index is 12.7. The molecule has 0 aliphatic carbocycles. The summed E-state index contributed by atoms with van der Waals surface area (Å²) in [4.78, 5) is 12.7. The number of sulfonamides is 1. The molecular formula is C24H25ClN2O3S2. The summed E-state index contributed by atoms with van der Waals surface area (Å²) >= 11 is 7.69. The fourth-order valence-corrected chi connectivity index (χ4v) is 5.09. The van der Waals surface area contributed by atoms with Crippen LogP contribution in [0.4, 0.5) is 5.69 Å². The predicted octanol–water partition coefficient (Wildman–Crippen LogP) is 5.42. The zero-order valence-corrected chi connectivity index (χ0v) is 20.3. The summed E-state index contributed by atoms with van der Waals surface area (Å²) in [7, 11) is -3.74. The van der Waals surface area contributed by atoms with Gasteiger partial charge in [-0.25, -0.2) is 8.42 Å². The Labute approximate surface area is 198 Å². The quantitative estimate of drug-likeness (QED) is 0.394. The Kier molecular flexibility index (Phi) is 8.23. The fraction of sp³-hybridized carbons (Fsp3) is 0.208. The number of hydrogen-bond acceptors (Lipinski definition) is 4. The first-order valence-electron chi connectivity index (χ1n) is 10.0. The van der Waals surface area contributed by atoms with E-state index < -0.39 is 10.0 Å². The summed E-state index contributed by atoms with van der Waals surface area (Å²) in [6, 6.07) is 19.3. The number of thioether (sulfide) groups is 1. The molecule has 2 N–H and O–H groups in total. The molecule has 3 rings (SSSR count). The molecule has 0 saturated heterocycles. The Hall–Kier alpha value is -2.48. The summed E-state index contributed by atoms with van der Waals surface area (Å²) in [5.74, 6) is 1.31. The second kappa shape index (κ2) is 10.9. The predicted molar refractivity (Wildman–Crippen MR) is 133 cm³/mol. The van der Waals surface area contributed by atoms with E-state index in [-0.39, 0.29) is 10.8 Å². The molecule has 3 aromatic carbocycles. The van der Waals surface area contributed by atoms with Crippen LogP contribution in [0.3, 0.4) is 0 Å². The lowest BCUT2D eigenvalue weighted by molar-refractivity contribution is 0.0956. The van der Waals surface area contributed by atoms with E-state index in [9.17, 15) is 13.2 Å². The Morgan fingerprint density at radius 1 is 1.00 bits per heavy atom. The number of benzene rings is 3. The Morgan fingerprint density at radius 3 is 2.47 bits per heavy atom. The molecule has 1 amide bonds. The summed E-state index contributed by atoms with van der Waals surface area (Å²) in [5.41, 5.74) is 3.63. The van der Waals surface area contributed by atoms with Crippen molar-refractivity contribution in [3.63, 3.8) is 0 Å². The molecule has 0 saturated carbocycles. The standard InChI is InChI=1S/C24H25ClN2O3S2/c1-17-6-10-22(11-7-17)32(29,30)27-23-15-20(9-8-18(23)2)24(28)26-12-13-31-16-19-4-3-5-21(25)14-19/h3-11,14-15,27H,12-13,16H2,1-2H3,(H,26,28). The molecule has 32 heavy (non-hydrogen) atoms. The molecule has 168 valence electrons. The van der Waals surface area contributed by atoms with Crippen molar-refractivity contribution in [1.82, 2.24) is 5.32 Å². The Bertz CT molecular complexity index is 1200. The maximum Gasteiger partial charge on any atom is 0.261 e. The van der Waals surface area contributed by atoms with Gasteiger partial charge < -0.3 is 5.32 Å². The van der Waals surface area contributed by atoms with Crippen molar-refractivity contribution in [3.05, 3.63) is 94.0 Å². The molecule has 3 aromatic rings. The zero-order valence-electron chi connectivity index (χ0n) is 17.9. The third-order valence-corrected chi connectivity index (χ3v) is 7.41. The van der Waals surface area contributed by atoms with Gasteiger partial charge in [-0.2, -0.15) is 11.8 Å². The van der Waals surface area contributed by atoms with Crippen molar-refractivity contribution in [2.45, 2.75) is 24.5 Å². The summed E-state index contributed by atoms with van der Waals surface area (Å²) < 4.78 is 28.0. The van der Waals surface area contributed by atoms with Crippen LogP contribution >= 0.6 is 23.4 Å². The summed E-state index contributed by atoms with van der Waals surface area (Å²) in [5, 5.41) is 3.59. The number of amides is 1. The minimum Gasteiger partial charge on any atom is -0.351 e. The molecule has 0 bridgehead atoms. The normalized spacial score (nSPS) is 11.2. The van der Waals surface area contributed by atoms with Gasteiger partial charge in [0.25, 0.3) is 15.9 Å². The molecule has 0 aliphatic rings. The molecule has 0 spiro atoms. The van der Waals surface area contributed by atoms with Gasteiger partial charge in [-0.15, -0.1) is 0 Å². The van der Waals surface area contributed by atoms with Crippen LogP contribution in [0.25, 0.3) is 0 Å². The first kappa shape index (κ1) is 24.2. The number of halogens is 1. The van der Waals surface area contributed by atoms with E-state index in [1.54, 1.807) is 61.2 Å². The van der Waals surface area contributed by atoms with Gasteiger partial charge in [0, 0.05) is 28.6 Å². The highest BCUT2D eigenvalue weighted by molar-refractivity contribution is 7.98. The third kappa shape index (κ3) is 6.76. The van der Waals surface area contributed by atoms with Crippen LogP contribution in [0.15, 0.2) is 71.6 Å². The average molecular weight is 489 g/mol. The Balaban J connectivity index is 1.57. The van der Waals surface area contributed by atoms with Crippen LogP contribution < -0.4 is 10.0 Å². The van der Waals surface area contributed by atoms with Crippen LogP contribution in [0, 0.1) is 13.8 Å². The topological polar surface area (TPSA) is 75.3 Å². The maximum atomic E-state index is 12.7. The van der Waals surface area contributed by atoms with Crippen molar-refractivity contribution in [3.8, 4) is 0 Å². The molecule has 0 aliphatic heterocycles. The van der Waals surface area contributed by atoms with E-state index in [4.69, 9.17) is 11.6 Å². The van der Waals surface area contributed by atoms with Crippen LogP contribution in [-0.2, 0) is 15.8 Å². The van der Waals surface area contributed by atoms with Gasteiger partial charge in [-0.05, 0) is 61.4 Å². The molecule has 0 atom stereocenters. The van der Waals surface area contributed by atoms with Crippen molar-refractivity contribution >= 4 is 45.0 Å². The van der Waals surface area contributed by atoms with Crippen molar-refractivity contribution in [1.29, 1.82) is 0 Å². The highest BCUT2D eigenvalue weighted by atomic mass is 35.5. The van der Waals surface area contributed by atoms with Gasteiger partial charge >= 0.3 is 0 Å². The highest BCUT2D eigenvalue weighted by Gasteiger charge is 2.16. The van der Waals surface area contributed by atoms with Crippen molar-refractivity contribution < 1.29 is 13.2 Å². The number of rotatable bonds is 9. The van der Waals surface area contributed by atoms with E-state index in [0.717, 1.165) is 28.2 Å². The van der Waals surface area contributed by atoms with Crippen LogP contribution in [-0.4, -0.2) is 26.6 Å². The molecule has 0 unspecified atom stereocenters. The number of aryl methyl sites for hydroxylation is 2. The monoisotopic (exact) mass is 488 g/mol. The molecule has 0 aromatic heterocycles. The van der Waals surface area contributed by atoms with Crippen molar-refractivity contribution in [2.75, 3.05) is 17.0 Å². The lowest BCUT2D eigenvalue weighted by Crippen LogP contribution is -2.26. The lowest BCUT2D eigenvalue weighted by atomic mass is 10.1. The second-order valence-corrected chi connectivity index (χ2v) is 10.6. The van der Waals surface area contributed by atoms with Gasteiger partial charge in [0.05, 0.1) is 10.6 Å². The van der Waals surface area contributed by atoms with Crippen LogP contribution in [0.2, 0.25) is 5.02 Å². The average Bonchev–Trinajstić information content (AvgIpc) is 2.75. The van der Waals surface area contributed by atoms with Crippen LogP contribution in [0.1, 0.15) is 27.0 Å². The zero-order chi connectivity index (χ0) is 23.1. The fourth-order valence-electron chi connectivity index (χ4n) is 2.95. The largest absolute Gasteiger partial charge is 0.351 e. The number of carbonyl (C=O) groups is 1. The number of nitrogens with one attached hydrogen (secondary N) is 2. The van der Waals surface area contributed by atoms with Gasteiger partial charge in [0.15, 0.2) is 0 Å². The first-order chi connectivity index (χ1) is 15.2. The van der Waals surface area contributed by atoms with E-state index in [2.05, 4.69) is 10.0 Å². The number of hydrogen-bond donors (Lipinski definition) is 2. The number of anilines is 1. The summed E-state index contributed by atoms with van der Waals surface area (Å²) in [6.07, 6.45) is 0. The second-order valence-electron chi connectivity index (χ2n) is 7.39. The van der Waals surface area contributed by atoms with Gasteiger partial charge in [0.1, 0.15) is 0 Å². The molecule has 8 heteroatoms. The molecule has 5 nitrogen and oxygen atoms in total. The lowest BCUT2D eigenvalue weighted by Gasteiger charge is -2.13. The summed E-state index contributed by atoms with van der Waals surface area (Å²) in [6.45, 7) is 4.19. The van der Waals surface area contributed by atoms with Crippen molar-refractivity contribution in [2.24, 2.45) is 0 Å². The number of carbonyl (C=O) groups excluding carboxylic acids is 1. The van der Waals surface area contributed by atoms with E-state index >= 15 is 0 Å². The SMILES string of the molecule is Cc1ccc(S(=O)(=O)Nc2cc(C(=O)NCCSCc3cccc(Cl)c3)ccc2C)cc1. The van der Waals surface area contributed by atoms with E-state index in [1.165, 1.54) is 0 Å². The first-order valence-corrected chi connectivity index (χ1v) is 13.1. The Morgan fingerprint density at radius 2 is 1.75 bits per heavy atom.